The number of rotatable bonds is 6. The van der Waals surface area contributed by atoms with E-state index in [0.717, 1.165) is 12.1 Å². The van der Waals surface area contributed by atoms with Crippen molar-refractivity contribution in [1.82, 2.24) is 4.72 Å². The van der Waals surface area contributed by atoms with Gasteiger partial charge in [0.1, 0.15) is 0 Å². The molecule has 1 atom stereocenters. The quantitative estimate of drug-likeness (QED) is 0.713. The number of hydrogen-bond donors (Lipinski definition) is 3. The van der Waals surface area contributed by atoms with Crippen LogP contribution in [0.5, 0.6) is 0 Å². The molecule has 0 aliphatic rings. The van der Waals surface area contributed by atoms with Crippen molar-refractivity contribution >= 4 is 32.7 Å². The summed E-state index contributed by atoms with van der Waals surface area (Å²) >= 11 is 1.68. The van der Waals surface area contributed by atoms with E-state index in [2.05, 4.69) is 23.0 Å². The summed E-state index contributed by atoms with van der Waals surface area (Å²) in [5, 5.41) is 5.40. The van der Waals surface area contributed by atoms with Crippen molar-refractivity contribution in [3.8, 4) is 0 Å². The zero-order valence-electron chi connectivity index (χ0n) is 12.0. The maximum absolute atomic E-state index is 11.7. The van der Waals surface area contributed by atoms with E-state index in [9.17, 15) is 8.42 Å². The molecule has 114 valence electrons. The van der Waals surface area contributed by atoms with Crippen molar-refractivity contribution in [1.29, 1.82) is 0 Å². The Morgan fingerprint density at radius 1 is 1.33 bits per heavy atom. The highest BCUT2D eigenvalue weighted by atomic mass is 32.2. The molecule has 0 aliphatic carbocycles. The summed E-state index contributed by atoms with van der Waals surface area (Å²) in [6.07, 6.45) is 0.913. The Morgan fingerprint density at radius 3 is 2.62 bits per heavy atom. The minimum Gasteiger partial charge on any atom is -0.397 e. The number of nitrogens with one attached hydrogen (secondary N) is 2. The maximum Gasteiger partial charge on any atom is 0.240 e. The topological polar surface area (TPSA) is 84.2 Å². The summed E-state index contributed by atoms with van der Waals surface area (Å²) in [7, 11) is -2.09. The average Bonchev–Trinajstić information content (AvgIpc) is 3.00. The Balaban J connectivity index is 2.26. The highest BCUT2D eigenvalue weighted by Gasteiger charge is 2.15. The predicted octanol–water partition coefficient (Wildman–Crippen LogP) is 2.80. The van der Waals surface area contributed by atoms with Crippen molar-refractivity contribution in [2.24, 2.45) is 0 Å². The van der Waals surface area contributed by atoms with Crippen molar-refractivity contribution in [2.45, 2.75) is 24.3 Å². The molecule has 7 heteroatoms. The van der Waals surface area contributed by atoms with Crippen LogP contribution in [0, 0.1) is 0 Å². The van der Waals surface area contributed by atoms with Crippen LogP contribution in [0.3, 0.4) is 0 Å². The van der Waals surface area contributed by atoms with Gasteiger partial charge in [-0.3, -0.25) is 0 Å². The van der Waals surface area contributed by atoms with Crippen LogP contribution in [0.15, 0.2) is 40.6 Å². The molecule has 0 radical (unpaired) electrons. The van der Waals surface area contributed by atoms with Gasteiger partial charge in [-0.15, -0.1) is 11.3 Å². The Bertz CT molecular complexity index is 697. The van der Waals surface area contributed by atoms with E-state index in [1.165, 1.54) is 18.0 Å². The van der Waals surface area contributed by atoms with E-state index in [0.29, 0.717) is 5.69 Å². The third kappa shape index (κ3) is 3.55. The van der Waals surface area contributed by atoms with Crippen LogP contribution in [0.1, 0.15) is 24.3 Å². The zero-order valence-corrected chi connectivity index (χ0v) is 13.6. The van der Waals surface area contributed by atoms with Gasteiger partial charge < -0.3 is 11.1 Å². The molecule has 0 bridgehead atoms. The highest BCUT2D eigenvalue weighted by molar-refractivity contribution is 7.89. The molecule has 0 aliphatic heterocycles. The van der Waals surface area contributed by atoms with Gasteiger partial charge in [-0.25, -0.2) is 13.1 Å². The molecular weight excluding hydrogens is 306 g/mol. The highest BCUT2D eigenvalue weighted by Crippen LogP contribution is 2.30. The number of nitrogen functional groups attached to an aromatic ring is 1. The van der Waals surface area contributed by atoms with E-state index >= 15 is 0 Å². The summed E-state index contributed by atoms with van der Waals surface area (Å²) in [5.41, 5.74) is 7.14. The Labute approximate surface area is 129 Å². The molecule has 1 heterocycles. The van der Waals surface area contributed by atoms with Crippen LogP contribution < -0.4 is 15.8 Å². The summed E-state index contributed by atoms with van der Waals surface area (Å²) in [4.78, 5) is 1.39. The molecule has 4 N–H and O–H groups in total. The van der Waals surface area contributed by atoms with Crippen molar-refractivity contribution in [2.75, 3.05) is 18.1 Å². The first-order valence-corrected chi connectivity index (χ1v) is 8.97. The van der Waals surface area contributed by atoms with Crippen molar-refractivity contribution in [3.05, 3.63) is 40.6 Å². The number of nitrogens with two attached hydrogens (primary N) is 1. The van der Waals surface area contributed by atoms with Gasteiger partial charge in [-0.2, -0.15) is 0 Å². The van der Waals surface area contributed by atoms with E-state index in [1.807, 2.05) is 11.4 Å². The largest absolute Gasteiger partial charge is 0.397 e. The number of hydrogen-bond acceptors (Lipinski definition) is 5. The van der Waals surface area contributed by atoms with E-state index < -0.39 is 10.0 Å². The molecule has 0 saturated carbocycles. The normalized spacial score (nSPS) is 13.0. The molecule has 2 aromatic rings. The van der Waals surface area contributed by atoms with Crippen LogP contribution in [-0.4, -0.2) is 15.5 Å². The van der Waals surface area contributed by atoms with Gasteiger partial charge >= 0.3 is 0 Å². The molecule has 0 saturated heterocycles. The molecule has 0 spiro atoms. The Kier molecular flexibility index (Phi) is 4.87. The Hall–Kier alpha value is -1.57. The zero-order chi connectivity index (χ0) is 15.5. The number of sulfonamides is 1. The van der Waals surface area contributed by atoms with Crippen LogP contribution in [-0.2, 0) is 10.0 Å². The molecule has 0 fully saturated rings. The van der Waals surface area contributed by atoms with Crippen LogP contribution in [0.25, 0.3) is 0 Å². The fourth-order valence-corrected chi connectivity index (χ4v) is 3.64. The van der Waals surface area contributed by atoms with E-state index in [-0.39, 0.29) is 10.9 Å². The van der Waals surface area contributed by atoms with Crippen molar-refractivity contribution in [3.63, 3.8) is 0 Å². The SMILES string of the molecule is CCC(Nc1ccc(S(=O)(=O)NC)cc1N)c1cccs1. The molecule has 1 aromatic heterocycles. The lowest BCUT2D eigenvalue weighted by atomic mass is 10.1. The van der Waals surface area contributed by atoms with Gasteiger partial charge in [-0.1, -0.05) is 13.0 Å². The van der Waals surface area contributed by atoms with Gasteiger partial charge in [-0.05, 0) is 43.1 Å². The lowest BCUT2D eigenvalue weighted by Gasteiger charge is -2.18. The number of thiophene rings is 1. The van der Waals surface area contributed by atoms with E-state index in [4.69, 9.17) is 5.73 Å². The smallest absolute Gasteiger partial charge is 0.240 e. The summed E-state index contributed by atoms with van der Waals surface area (Å²) < 4.78 is 25.8. The van der Waals surface area contributed by atoms with Crippen molar-refractivity contribution < 1.29 is 8.42 Å². The minimum absolute atomic E-state index is 0.164. The number of benzene rings is 1. The molecule has 0 amide bonds. The van der Waals surface area contributed by atoms with E-state index in [1.54, 1.807) is 23.5 Å². The standard InChI is InChI=1S/C14H19N3O2S2/c1-3-12(14-5-4-8-20-14)17-13-7-6-10(9-11(13)15)21(18,19)16-2/h4-9,12,16-17H,3,15H2,1-2H3. The van der Waals surface area contributed by atoms with Crippen LogP contribution in [0.2, 0.25) is 0 Å². The van der Waals surface area contributed by atoms with Gasteiger partial charge in [0.05, 0.1) is 22.3 Å². The average molecular weight is 325 g/mol. The van der Waals surface area contributed by atoms with Gasteiger partial charge in [0.25, 0.3) is 0 Å². The first-order chi connectivity index (χ1) is 9.97. The number of anilines is 2. The summed E-state index contributed by atoms with van der Waals surface area (Å²) in [6, 6.07) is 8.97. The van der Waals surface area contributed by atoms with Gasteiger partial charge in [0.15, 0.2) is 0 Å². The molecule has 5 nitrogen and oxygen atoms in total. The molecule has 1 aromatic carbocycles. The second-order valence-corrected chi connectivity index (χ2v) is 7.44. The third-order valence-corrected chi connectivity index (χ3v) is 5.62. The second kappa shape index (κ2) is 6.46. The molecule has 1 unspecified atom stereocenters. The monoisotopic (exact) mass is 325 g/mol. The van der Waals surface area contributed by atoms with Crippen LogP contribution in [0.4, 0.5) is 11.4 Å². The summed E-state index contributed by atoms with van der Waals surface area (Å²) in [5.74, 6) is 0. The lowest BCUT2D eigenvalue weighted by Crippen LogP contribution is -2.19. The fraction of sp³-hybridized carbons (Fsp3) is 0.286. The predicted molar refractivity (Wildman–Crippen MR) is 88.1 cm³/mol. The Morgan fingerprint density at radius 2 is 2.10 bits per heavy atom. The first-order valence-electron chi connectivity index (χ1n) is 6.61. The van der Waals surface area contributed by atoms with Crippen LogP contribution >= 0.6 is 11.3 Å². The lowest BCUT2D eigenvalue weighted by molar-refractivity contribution is 0.588. The van der Waals surface area contributed by atoms with Gasteiger partial charge in [0, 0.05) is 4.88 Å². The second-order valence-electron chi connectivity index (χ2n) is 4.58. The fourth-order valence-electron chi connectivity index (χ4n) is 2.01. The molecular formula is C14H19N3O2S2. The minimum atomic E-state index is -3.47. The molecule has 21 heavy (non-hydrogen) atoms. The third-order valence-electron chi connectivity index (χ3n) is 3.23. The summed E-state index contributed by atoms with van der Waals surface area (Å²) in [6.45, 7) is 2.09. The van der Waals surface area contributed by atoms with Gasteiger partial charge in [0.2, 0.25) is 10.0 Å². The maximum atomic E-state index is 11.7. The molecule has 2 rings (SSSR count). The first kappa shape index (κ1) is 15.8.